The molecule has 0 N–H and O–H groups in total. The lowest BCUT2D eigenvalue weighted by molar-refractivity contribution is 0.836. The van der Waals surface area contributed by atoms with Crippen LogP contribution in [0, 0.1) is 5.92 Å². The molecule has 80 valence electrons. The van der Waals surface area contributed by atoms with Crippen LogP contribution in [0.2, 0.25) is 0 Å². The standard InChI is InChI=1S/C14H19N/c1-4-5-7-13-8-6-11-15-14(13)10-9-12(2)3/h5-12H,4H2,1-3H3. The summed E-state index contributed by atoms with van der Waals surface area (Å²) in [6, 6.07) is 4.07. The molecule has 0 aliphatic rings. The minimum Gasteiger partial charge on any atom is -0.256 e. The van der Waals surface area contributed by atoms with E-state index >= 15 is 0 Å². The van der Waals surface area contributed by atoms with Crippen LogP contribution in [0.1, 0.15) is 38.4 Å². The second kappa shape index (κ2) is 6.18. The molecule has 0 radical (unpaired) electrons. The highest BCUT2D eigenvalue weighted by Crippen LogP contribution is 2.11. The molecule has 1 heterocycles. The zero-order valence-corrected chi connectivity index (χ0v) is 9.77. The summed E-state index contributed by atoms with van der Waals surface area (Å²) in [6.45, 7) is 6.47. The van der Waals surface area contributed by atoms with Crippen molar-refractivity contribution in [3.05, 3.63) is 41.7 Å². The number of hydrogen-bond donors (Lipinski definition) is 0. The van der Waals surface area contributed by atoms with E-state index in [9.17, 15) is 0 Å². The zero-order valence-electron chi connectivity index (χ0n) is 9.77. The Morgan fingerprint density at radius 1 is 1.33 bits per heavy atom. The Morgan fingerprint density at radius 3 is 2.80 bits per heavy atom. The third-order valence-electron chi connectivity index (χ3n) is 2.04. The molecule has 0 atom stereocenters. The summed E-state index contributed by atoms with van der Waals surface area (Å²) >= 11 is 0. The summed E-state index contributed by atoms with van der Waals surface area (Å²) in [5.41, 5.74) is 2.24. The monoisotopic (exact) mass is 201 g/mol. The van der Waals surface area contributed by atoms with Gasteiger partial charge in [0.05, 0.1) is 5.69 Å². The van der Waals surface area contributed by atoms with Gasteiger partial charge in [-0.25, -0.2) is 0 Å². The van der Waals surface area contributed by atoms with Gasteiger partial charge in [0.1, 0.15) is 0 Å². The van der Waals surface area contributed by atoms with Crippen molar-refractivity contribution in [3.8, 4) is 0 Å². The Balaban J connectivity index is 2.91. The van der Waals surface area contributed by atoms with Gasteiger partial charge in [-0.15, -0.1) is 0 Å². The Labute approximate surface area is 92.6 Å². The maximum absolute atomic E-state index is 4.37. The minimum absolute atomic E-state index is 0.565. The normalized spacial score (nSPS) is 12.0. The van der Waals surface area contributed by atoms with E-state index in [1.807, 2.05) is 12.3 Å². The molecule has 0 aliphatic carbocycles. The summed E-state index contributed by atoms with van der Waals surface area (Å²) in [5, 5.41) is 0. The molecule has 0 bridgehead atoms. The second-order valence-corrected chi connectivity index (χ2v) is 3.89. The topological polar surface area (TPSA) is 12.9 Å². The van der Waals surface area contributed by atoms with E-state index in [4.69, 9.17) is 0 Å². The zero-order chi connectivity index (χ0) is 11.1. The van der Waals surface area contributed by atoms with Crippen molar-refractivity contribution >= 4 is 12.2 Å². The Kier molecular flexibility index (Phi) is 4.82. The smallest absolute Gasteiger partial charge is 0.0698 e. The van der Waals surface area contributed by atoms with E-state index in [1.165, 1.54) is 5.56 Å². The molecule has 1 rings (SSSR count). The Bertz CT molecular complexity index is 348. The van der Waals surface area contributed by atoms with Crippen LogP contribution in [0.3, 0.4) is 0 Å². The van der Waals surface area contributed by atoms with E-state index < -0.39 is 0 Å². The fourth-order valence-electron chi connectivity index (χ4n) is 1.24. The average molecular weight is 201 g/mol. The van der Waals surface area contributed by atoms with Crippen molar-refractivity contribution in [1.29, 1.82) is 0 Å². The first-order valence-electron chi connectivity index (χ1n) is 5.53. The lowest BCUT2D eigenvalue weighted by Crippen LogP contribution is -1.86. The van der Waals surface area contributed by atoms with Crippen LogP contribution >= 0.6 is 0 Å². The van der Waals surface area contributed by atoms with Crippen molar-refractivity contribution in [2.24, 2.45) is 5.92 Å². The van der Waals surface area contributed by atoms with Gasteiger partial charge in [0.2, 0.25) is 0 Å². The summed E-state index contributed by atoms with van der Waals surface area (Å²) in [5.74, 6) is 0.565. The minimum atomic E-state index is 0.565. The van der Waals surface area contributed by atoms with E-state index in [0.717, 1.165) is 12.1 Å². The molecule has 0 aromatic carbocycles. The number of hydrogen-bond acceptors (Lipinski definition) is 1. The molecular formula is C14H19N. The van der Waals surface area contributed by atoms with Gasteiger partial charge in [-0.2, -0.15) is 0 Å². The van der Waals surface area contributed by atoms with Crippen LogP contribution in [-0.4, -0.2) is 4.98 Å². The van der Waals surface area contributed by atoms with Gasteiger partial charge in [-0.1, -0.05) is 45.1 Å². The molecule has 15 heavy (non-hydrogen) atoms. The number of nitrogens with zero attached hydrogens (tertiary/aromatic N) is 1. The number of pyridine rings is 1. The third kappa shape index (κ3) is 4.11. The van der Waals surface area contributed by atoms with E-state index in [1.54, 1.807) is 0 Å². The molecular weight excluding hydrogens is 182 g/mol. The Hall–Kier alpha value is -1.37. The molecule has 0 aliphatic heterocycles. The van der Waals surface area contributed by atoms with Gasteiger partial charge in [-0.05, 0) is 30.0 Å². The molecule has 0 saturated heterocycles. The van der Waals surface area contributed by atoms with E-state index in [-0.39, 0.29) is 0 Å². The summed E-state index contributed by atoms with van der Waals surface area (Å²) < 4.78 is 0. The third-order valence-corrected chi connectivity index (χ3v) is 2.04. The number of rotatable bonds is 4. The summed E-state index contributed by atoms with van der Waals surface area (Å²) in [4.78, 5) is 4.37. The highest BCUT2D eigenvalue weighted by Gasteiger charge is 1.95. The summed E-state index contributed by atoms with van der Waals surface area (Å²) in [6.07, 6.45) is 11.5. The van der Waals surface area contributed by atoms with Crippen LogP contribution < -0.4 is 0 Å². The lowest BCUT2D eigenvalue weighted by Gasteiger charge is -2.00. The fraction of sp³-hybridized carbons (Fsp3) is 0.357. The first-order valence-corrected chi connectivity index (χ1v) is 5.53. The molecule has 1 aromatic rings. The van der Waals surface area contributed by atoms with E-state index in [0.29, 0.717) is 5.92 Å². The van der Waals surface area contributed by atoms with Crippen molar-refractivity contribution in [2.75, 3.05) is 0 Å². The van der Waals surface area contributed by atoms with Gasteiger partial charge < -0.3 is 0 Å². The van der Waals surface area contributed by atoms with Gasteiger partial charge >= 0.3 is 0 Å². The van der Waals surface area contributed by atoms with Crippen molar-refractivity contribution in [3.63, 3.8) is 0 Å². The van der Waals surface area contributed by atoms with Crippen LogP contribution in [0.15, 0.2) is 30.5 Å². The highest BCUT2D eigenvalue weighted by molar-refractivity contribution is 5.62. The van der Waals surface area contributed by atoms with E-state index in [2.05, 4.69) is 56.1 Å². The summed E-state index contributed by atoms with van der Waals surface area (Å²) in [7, 11) is 0. The first-order chi connectivity index (χ1) is 7.24. The predicted octanol–water partition coefficient (Wildman–Crippen LogP) is 4.17. The fourth-order valence-corrected chi connectivity index (χ4v) is 1.24. The van der Waals surface area contributed by atoms with Gasteiger partial charge in [0.15, 0.2) is 0 Å². The molecule has 0 amide bonds. The van der Waals surface area contributed by atoms with Crippen LogP contribution in [0.5, 0.6) is 0 Å². The second-order valence-electron chi connectivity index (χ2n) is 3.89. The number of allylic oxidation sites excluding steroid dienone is 2. The SMILES string of the molecule is CCC=Cc1cccnc1C=CC(C)C. The van der Waals surface area contributed by atoms with Crippen LogP contribution in [0.25, 0.3) is 12.2 Å². The Morgan fingerprint density at radius 2 is 2.13 bits per heavy atom. The quantitative estimate of drug-likeness (QED) is 0.712. The first kappa shape index (κ1) is 11.7. The molecule has 0 unspecified atom stereocenters. The maximum Gasteiger partial charge on any atom is 0.0698 e. The van der Waals surface area contributed by atoms with Gasteiger partial charge in [0.25, 0.3) is 0 Å². The van der Waals surface area contributed by atoms with Crippen LogP contribution in [-0.2, 0) is 0 Å². The average Bonchev–Trinajstić information content (AvgIpc) is 2.24. The lowest BCUT2D eigenvalue weighted by atomic mass is 10.1. The van der Waals surface area contributed by atoms with Crippen LogP contribution in [0.4, 0.5) is 0 Å². The predicted molar refractivity (Wildman–Crippen MR) is 67.4 cm³/mol. The largest absolute Gasteiger partial charge is 0.256 e. The molecule has 1 aromatic heterocycles. The van der Waals surface area contributed by atoms with Crippen molar-refractivity contribution < 1.29 is 0 Å². The molecule has 0 saturated carbocycles. The maximum atomic E-state index is 4.37. The van der Waals surface area contributed by atoms with Gasteiger partial charge in [-0.3, -0.25) is 4.98 Å². The van der Waals surface area contributed by atoms with Crippen molar-refractivity contribution in [1.82, 2.24) is 4.98 Å². The molecule has 0 spiro atoms. The molecule has 1 nitrogen and oxygen atoms in total. The molecule has 1 heteroatoms. The number of aromatic nitrogens is 1. The highest BCUT2D eigenvalue weighted by atomic mass is 14.7. The van der Waals surface area contributed by atoms with Gasteiger partial charge in [0, 0.05) is 6.20 Å². The molecule has 0 fully saturated rings. The van der Waals surface area contributed by atoms with Crippen molar-refractivity contribution in [2.45, 2.75) is 27.2 Å².